The smallest absolute Gasteiger partial charge is 0.266 e. The van der Waals surface area contributed by atoms with Crippen LogP contribution in [0.25, 0.3) is 0 Å². The number of benzene rings is 3. The van der Waals surface area contributed by atoms with Crippen molar-refractivity contribution in [3.05, 3.63) is 92.9 Å². The van der Waals surface area contributed by atoms with E-state index in [9.17, 15) is 9.59 Å². The molecule has 32 heavy (non-hydrogen) atoms. The molecule has 3 aromatic carbocycles. The van der Waals surface area contributed by atoms with Crippen molar-refractivity contribution >= 4 is 50.7 Å². The zero-order valence-electron chi connectivity index (χ0n) is 17.5. The monoisotopic (exact) mass is 510 g/mol. The van der Waals surface area contributed by atoms with E-state index in [1.165, 1.54) is 4.90 Å². The number of hydrogen-bond acceptors (Lipinski definition) is 4. The van der Waals surface area contributed by atoms with Gasteiger partial charge in [-0.3, -0.25) is 14.4 Å². The SMILES string of the molecule is Cc1ccc([C@@H]2[C@H]3C(=O)N(c4ccc(C)c(Cl)c4)C(=O)[C@@H]3ON2c2cccc(Br)c2)cc1. The number of hydroxylamine groups is 1. The van der Waals surface area contributed by atoms with Gasteiger partial charge in [0, 0.05) is 9.50 Å². The Morgan fingerprint density at radius 1 is 0.906 bits per heavy atom. The first-order valence-electron chi connectivity index (χ1n) is 10.3. The summed E-state index contributed by atoms with van der Waals surface area (Å²) in [4.78, 5) is 34.4. The maximum Gasteiger partial charge on any atom is 0.266 e. The number of aryl methyl sites for hydroxylation is 2. The molecular formula is C25H20BrClN2O3. The minimum Gasteiger partial charge on any atom is -0.273 e. The largest absolute Gasteiger partial charge is 0.273 e. The second-order valence-electron chi connectivity index (χ2n) is 8.16. The topological polar surface area (TPSA) is 49.9 Å². The molecule has 162 valence electrons. The molecule has 0 bridgehead atoms. The highest BCUT2D eigenvalue weighted by atomic mass is 79.9. The van der Waals surface area contributed by atoms with E-state index in [1.54, 1.807) is 23.3 Å². The highest BCUT2D eigenvalue weighted by molar-refractivity contribution is 9.10. The molecule has 2 heterocycles. The van der Waals surface area contributed by atoms with E-state index in [4.69, 9.17) is 16.4 Å². The lowest BCUT2D eigenvalue weighted by Crippen LogP contribution is -2.37. The Morgan fingerprint density at radius 3 is 2.34 bits per heavy atom. The van der Waals surface area contributed by atoms with Gasteiger partial charge in [0.15, 0.2) is 6.10 Å². The Bertz CT molecular complexity index is 1230. The number of carbonyl (C=O) groups is 2. The molecular weight excluding hydrogens is 492 g/mol. The number of rotatable bonds is 3. The van der Waals surface area contributed by atoms with E-state index in [1.807, 2.05) is 62.4 Å². The van der Waals surface area contributed by atoms with Gasteiger partial charge in [0.25, 0.3) is 5.91 Å². The molecule has 3 aromatic rings. The normalized spacial score (nSPS) is 22.6. The van der Waals surface area contributed by atoms with Crippen molar-refractivity contribution in [2.45, 2.75) is 26.0 Å². The number of imide groups is 1. The molecule has 0 aliphatic carbocycles. The molecule has 2 aliphatic rings. The molecule has 0 saturated carbocycles. The summed E-state index contributed by atoms with van der Waals surface area (Å²) in [6, 6.07) is 20.4. The number of nitrogens with zero attached hydrogens (tertiary/aromatic N) is 2. The molecule has 0 aromatic heterocycles. The second kappa shape index (κ2) is 8.03. The maximum absolute atomic E-state index is 13.6. The zero-order chi connectivity index (χ0) is 22.6. The first kappa shape index (κ1) is 21.2. The van der Waals surface area contributed by atoms with Crippen LogP contribution in [0.2, 0.25) is 5.02 Å². The van der Waals surface area contributed by atoms with Gasteiger partial charge in [-0.2, -0.15) is 0 Å². The predicted molar refractivity (Wildman–Crippen MR) is 128 cm³/mol. The van der Waals surface area contributed by atoms with Gasteiger partial charge in [-0.25, -0.2) is 9.96 Å². The van der Waals surface area contributed by atoms with Gasteiger partial charge in [0.05, 0.1) is 17.4 Å². The van der Waals surface area contributed by atoms with Gasteiger partial charge in [-0.15, -0.1) is 0 Å². The van der Waals surface area contributed by atoms with Crippen LogP contribution in [-0.2, 0) is 14.4 Å². The molecule has 2 amide bonds. The summed E-state index contributed by atoms with van der Waals surface area (Å²) in [6.07, 6.45) is -0.909. The van der Waals surface area contributed by atoms with Crippen molar-refractivity contribution in [3.63, 3.8) is 0 Å². The summed E-state index contributed by atoms with van der Waals surface area (Å²) in [6.45, 7) is 3.89. The number of carbonyl (C=O) groups excluding carboxylic acids is 2. The fraction of sp³-hybridized carbons (Fsp3) is 0.200. The number of fused-ring (bicyclic) bond motifs is 1. The van der Waals surface area contributed by atoms with Crippen LogP contribution in [-0.4, -0.2) is 17.9 Å². The fourth-order valence-electron chi connectivity index (χ4n) is 4.33. The third-order valence-electron chi connectivity index (χ3n) is 6.01. The van der Waals surface area contributed by atoms with Gasteiger partial charge < -0.3 is 0 Å². The highest BCUT2D eigenvalue weighted by Crippen LogP contribution is 2.48. The average Bonchev–Trinajstić information content (AvgIpc) is 3.27. The number of halogens is 2. The summed E-state index contributed by atoms with van der Waals surface area (Å²) in [5.74, 6) is -1.35. The summed E-state index contributed by atoms with van der Waals surface area (Å²) in [7, 11) is 0. The van der Waals surface area contributed by atoms with Crippen LogP contribution in [0.1, 0.15) is 22.7 Å². The lowest BCUT2D eigenvalue weighted by atomic mass is 9.90. The lowest BCUT2D eigenvalue weighted by molar-refractivity contribution is -0.126. The van der Waals surface area contributed by atoms with E-state index < -0.39 is 18.1 Å². The van der Waals surface area contributed by atoms with Crippen LogP contribution in [0.15, 0.2) is 71.2 Å². The van der Waals surface area contributed by atoms with E-state index in [2.05, 4.69) is 15.9 Å². The van der Waals surface area contributed by atoms with E-state index in [0.717, 1.165) is 26.9 Å². The third kappa shape index (κ3) is 3.43. The second-order valence-corrected chi connectivity index (χ2v) is 9.48. The summed E-state index contributed by atoms with van der Waals surface area (Å²) in [5.41, 5.74) is 4.13. The average molecular weight is 512 g/mol. The van der Waals surface area contributed by atoms with Gasteiger partial charge in [0.1, 0.15) is 5.92 Å². The van der Waals surface area contributed by atoms with E-state index in [0.29, 0.717) is 10.7 Å². The predicted octanol–water partition coefficient (Wildman–Crippen LogP) is 5.77. The van der Waals surface area contributed by atoms with Gasteiger partial charge in [-0.1, -0.05) is 69.5 Å². The molecule has 2 aliphatic heterocycles. The zero-order valence-corrected chi connectivity index (χ0v) is 19.8. The number of anilines is 2. The highest BCUT2D eigenvalue weighted by Gasteiger charge is 2.60. The Kier molecular flexibility index (Phi) is 5.32. The molecule has 3 atom stereocenters. The Morgan fingerprint density at radius 2 is 1.66 bits per heavy atom. The molecule has 5 rings (SSSR count). The Balaban J connectivity index is 1.59. The molecule has 0 N–H and O–H groups in total. The van der Waals surface area contributed by atoms with Crippen molar-refractivity contribution in [2.24, 2.45) is 5.92 Å². The molecule has 0 radical (unpaired) electrons. The van der Waals surface area contributed by atoms with Gasteiger partial charge in [-0.05, 0) is 55.3 Å². The first-order chi connectivity index (χ1) is 15.3. The van der Waals surface area contributed by atoms with Gasteiger partial charge in [0.2, 0.25) is 5.91 Å². The Hall–Kier alpha value is -2.67. The first-order valence-corrected chi connectivity index (χ1v) is 11.4. The van der Waals surface area contributed by atoms with Crippen LogP contribution in [0.4, 0.5) is 11.4 Å². The molecule has 2 fully saturated rings. The minimum atomic E-state index is -0.909. The van der Waals surface area contributed by atoms with Crippen LogP contribution in [0.3, 0.4) is 0 Å². The number of hydrogen-bond donors (Lipinski definition) is 0. The lowest BCUT2D eigenvalue weighted by Gasteiger charge is -2.29. The quantitative estimate of drug-likeness (QED) is 0.419. The van der Waals surface area contributed by atoms with Crippen molar-refractivity contribution < 1.29 is 14.4 Å². The molecule has 0 unspecified atom stereocenters. The summed E-state index contributed by atoms with van der Waals surface area (Å²) in [5, 5.41) is 2.20. The van der Waals surface area contributed by atoms with Crippen molar-refractivity contribution in [3.8, 4) is 0 Å². The minimum absolute atomic E-state index is 0.289. The van der Waals surface area contributed by atoms with E-state index >= 15 is 0 Å². The molecule has 0 spiro atoms. The standard InChI is InChI=1S/C25H20BrClN2O3/c1-14-6-9-16(10-7-14)22-21-23(32-29(22)19-5-3-4-17(26)12-19)25(31)28(24(21)30)18-11-8-15(2)20(27)13-18/h3-13,21-23H,1-2H3/t21-,22-,23-/m1/s1. The van der Waals surface area contributed by atoms with Crippen LogP contribution in [0, 0.1) is 19.8 Å². The molecule has 7 heteroatoms. The van der Waals surface area contributed by atoms with Crippen LogP contribution in [0.5, 0.6) is 0 Å². The summed E-state index contributed by atoms with van der Waals surface area (Å²) >= 11 is 9.77. The van der Waals surface area contributed by atoms with E-state index in [-0.39, 0.29) is 11.8 Å². The van der Waals surface area contributed by atoms with Crippen LogP contribution >= 0.6 is 27.5 Å². The Labute approximate surface area is 199 Å². The maximum atomic E-state index is 13.6. The fourth-order valence-corrected chi connectivity index (χ4v) is 4.89. The van der Waals surface area contributed by atoms with Gasteiger partial charge >= 0.3 is 0 Å². The number of amides is 2. The van der Waals surface area contributed by atoms with Crippen molar-refractivity contribution in [1.82, 2.24) is 0 Å². The third-order valence-corrected chi connectivity index (χ3v) is 6.91. The summed E-state index contributed by atoms with van der Waals surface area (Å²) < 4.78 is 0.881. The van der Waals surface area contributed by atoms with Crippen molar-refractivity contribution in [2.75, 3.05) is 9.96 Å². The molecule has 5 nitrogen and oxygen atoms in total. The molecule has 2 saturated heterocycles. The van der Waals surface area contributed by atoms with Crippen LogP contribution < -0.4 is 9.96 Å². The van der Waals surface area contributed by atoms with Crippen molar-refractivity contribution in [1.29, 1.82) is 0 Å².